The van der Waals surface area contributed by atoms with Crippen molar-refractivity contribution in [2.45, 2.75) is 26.7 Å². The summed E-state index contributed by atoms with van der Waals surface area (Å²) in [5.41, 5.74) is 0. The van der Waals surface area contributed by atoms with Crippen molar-refractivity contribution < 1.29 is 0 Å². The molecule has 1 atom stereocenters. The summed E-state index contributed by atoms with van der Waals surface area (Å²) in [7, 11) is 4.27. The molecule has 0 saturated carbocycles. The van der Waals surface area contributed by atoms with Crippen LogP contribution in [0.25, 0.3) is 0 Å². The molecule has 0 radical (unpaired) electrons. The van der Waals surface area contributed by atoms with Gasteiger partial charge in [0.15, 0.2) is 0 Å². The van der Waals surface area contributed by atoms with Gasteiger partial charge in [0.05, 0.1) is 0 Å². The molecular formula is C14H31N3. The average Bonchev–Trinajstić information content (AvgIpc) is 2.71. The van der Waals surface area contributed by atoms with E-state index in [2.05, 4.69) is 43.1 Å². The maximum atomic E-state index is 3.54. The van der Waals surface area contributed by atoms with Gasteiger partial charge >= 0.3 is 0 Å². The SMILES string of the molecule is CC(C)C1CCN(CCNCCCN(C)C)C1. The number of hydrogen-bond donors (Lipinski definition) is 1. The fraction of sp³-hybridized carbons (Fsp3) is 1.00. The summed E-state index contributed by atoms with van der Waals surface area (Å²) in [5.74, 6) is 1.79. The molecule has 1 aliphatic rings. The van der Waals surface area contributed by atoms with Crippen LogP contribution in [0.4, 0.5) is 0 Å². The quantitative estimate of drug-likeness (QED) is 0.650. The van der Waals surface area contributed by atoms with Gasteiger partial charge in [-0.2, -0.15) is 0 Å². The smallest absolute Gasteiger partial charge is 0.0107 e. The lowest BCUT2D eigenvalue weighted by atomic mass is 9.95. The van der Waals surface area contributed by atoms with E-state index in [4.69, 9.17) is 0 Å². The molecule has 1 saturated heterocycles. The fourth-order valence-electron chi connectivity index (χ4n) is 2.49. The highest BCUT2D eigenvalue weighted by Gasteiger charge is 2.23. The van der Waals surface area contributed by atoms with Gasteiger partial charge in [0, 0.05) is 19.6 Å². The summed E-state index contributed by atoms with van der Waals surface area (Å²) in [4.78, 5) is 4.86. The van der Waals surface area contributed by atoms with Crippen LogP contribution in [-0.4, -0.2) is 63.2 Å². The van der Waals surface area contributed by atoms with Gasteiger partial charge in [-0.1, -0.05) is 13.8 Å². The molecule has 0 aromatic carbocycles. The van der Waals surface area contributed by atoms with E-state index < -0.39 is 0 Å². The van der Waals surface area contributed by atoms with Crippen molar-refractivity contribution >= 4 is 0 Å². The summed E-state index contributed by atoms with van der Waals surface area (Å²) in [5, 5.41) is 3.54. The molecule has 0 amide bonds. The molecule has 0 aromatic rings. The number of nitrogens with zero attached hydrogens (tertiary/aromatic N) is 2. The average molecular weight is 241 g/mol. The third-order valence-corrected chi connectivity index (χ3v) is 3.82. The highest BCUT2D eigenvalue weighted by atomic mass is 15.2. The van der Waals surface area contributed by atoms with Crippen LogP contribution in [0, 0.1) is 11.8 Å². The van der Waals surface area contributed by atoms with Gasteiger partial charge in [-0.05, 0) is 58.4 Å². The maximum absolute atomic E-state index is 3.54. The van der Waals surface area contributed by atoms with E-state index in [1.165, 1.54) is 39.0 Å². The predicted octanol–water partition coefficient (Wildman–Crippen LogP) is 1.51. The van der Waals surface area contributed by atoms with Crippen LogP contribution in [-0.2, 0) is 0 Å². The van der Waals surface area contributed by atoms with Gasteiger partial charge in [0.1, 0.15) is 0 Å². The third-order valence-electron chi connectivity index (χ3n) is 3.82. The first kappa shape index (κ1) is 14.9. The Hall–Kier alpha value is -0.120. The van der Waals surface area contributed by atoms with E-state index in [1.54, 1.807) is 0 Å². The Morgan fingerprint density at radius 3 is 2.65 bits per heavy atom. The molecule has 1 aliphatic heterocycles. The molecule has 102 valence electrons. The molecule has 0 aromatic heterocycles. The number of hydrogen-bond acceptors (Lipinski definition) is 3. The van der Waals surface area contributed by atoms with Crippen LogP contribution < -0.4 is 5.32 Å². The fourth-order valence-corrected chi connectivity index (χ4v) is 2.49. The Morgan fingerprint density at radius 2 is 2.06 bits per heavy atom. The summed E-state index contributed by atoms with van der Waals surface area (Å²) < 4.78 is 0. The Balaban J connectivity index is 1.94. The molecule has 1 N–H and O–H groups in total. The largest absolute Gasteiger partial charge is 0.315 e. The Bertz CT molecular complexity index is 192. The predicted molar refractivity (Wildman–Crippen MR) is 75.4 cm³/mol. The molecule has 0 spiro atoms. The first-order chi connectivity index (χ1) is 8.09. The lowest BCUT2D eigenvalue weighted by molar-refractivity contribution is 0.301. The van der Waals surface area contributed by atoms with Gasteiger partial charge in [0.25, 0.3) is 0 Å². The van der Waals surface area contributed by atoms with E-state index in [-0.39, 0.29) is 0 Å². The first-order valence-corrected chi connectivity index (χ1v) is 7.17. The van der Waals surface area contributed by atoms with Crippen LogP contribution in [0.15, 0.2) is 0 Å². The van der Waals surface area contributed by atoms with Crippen molar-refractivity contribution in [3.63, 3.8) is 0 Å². The van der Waals surface area contributed by atoms with Crippen LogP contribution >= 0.6 is 0 Å². The minimum Gasteiger partial charge on any atom is -0.315 e. The van der Waals surface area contributed by atoms with Gasteiger partial charge in [-0.15, -0.1) is 0 Å². The van der Waals surface area contributed by atoms with E-state index in [0.717, 1.165) is 24.9 Å². The number of likely N-dealkylation sites (tertiary alicyclic amines) is 1. The van der Waals surface area contributed by atoms with E-state index in [9.17, 15) is 0 Å². The molecule has 1 unspecified atom stereocenters. The molecule has 1 fully saturated rings. The third kappa shape index (κ3) is 6.39. The second kappa shape index (κ2) is 8.06. The zero-order valence-corrected chi connectivity index (χ0v) is 12.2. The molecule has 1 heterocycles. The van der Waals surface area contributed by atoms with Gasteiger partial charge < -0.3 is 15.1 Å². The normalized spacial score (nSPS) is 21.9. The van der Waals surface area contributed by atoms with Gasteiger partial charge in [-0.25, -0.2) is 0 Å². The summed E-state index contributed by atoms with van der Waals surface area (Å²) in [6.45, 7) is 12.1. The molecular weight excluding hydrogens is 210 g/mol. The minimum absolute atomic E-state index is 0.855. The highest BCUT2D eigenvalue weighted by Crippen LogP contribution is 2.22. The minimum atomic E-state index is 0.855. The van der Waals surface area contributed by atoms with Crippen molar-refractivity contribution in [2.24, 2.45) is 11.8 Å². The van der Waals surface area contributed by atoms with Crippen molar-refractivity contribution in [3.8, 4) is 0 Å². The number of rotatable bonds is 8. The Kier molecular flexibility index (Phi) is 7.09. The standard InChI is InChI=1S/C14H31N3/c1-13(2)14-6-10-17(12-14)11-8-15-7-5-9-16(3)4/h13-15H,5-12H2,1-4H3. The van der Waals surface area contributed by atoms with Crippen LogP contribution in [0.5, 0.6) is 0 Å². The highest BCUT2D eigenvalue weighted by molar-refractivity contribution is 4.77. The maximum Gasteiger partial charge on any atom is 0.0107 e. The topological polar surface area (TPSA) is 18.5 Å². The first-order valence-electron chi connectivity index (χ1n) is 7.17. The van der Waals surface area contributed by atoms with Crippen molar-refractivity contribution in [1.29, 1.82) is 0 Å². The van der Waals surface area contributed by atoms with Crippen LogP contribution in [0.1, 0.15) is 26.7 Å². The monoisotopic (exact) mass is 241 g/mol. The Labute approximate surface area is 108 Å². The molecule has 0 aliphatic carbocycles. The van der Waals surface area contributed by atoms with E-state index in [0.29, 0.717) is 0 Å². The van der Waals surface area contributed by atoms with Crippen molar-refractivity contribution in [3.05, 3.63) is 0 Å². The van der Waals surface area contributed by atoms with Crippen molar-refractivity contribution in [2.75, 3.05) is 53.4 Å². The summed E-state index contributed by atoms with van der Waals surface area (Å²) in [6.07, 6.45) is 2.65. The molecule has 3 heteroatoms. The summed E-state index contributed by atoms with van der Waals surface area (Å²) >= 11 is 0. The molecule has 3 nitrogen and oxygen atoms in total. The molecule has 0 bridgehead atoms. The van der Waals surface area contributed by atoms with Crippen LogP contribution in [0.2, 0.25) is 0 Å². The number of nitrogens with one attached hydrogen (secondary N) is 1. The second-order valence-electron chi connectivity index (χ2n) is 6.00. The van der Waals surface area contributed by atoms with Crippen molar-refractivity contribution in [1.82, 2.24) is 15.1 Å². The summed E-state index contributed by atoms with van der Waals surface area (Å²) in [6, 6.07) is 0. The van der Waals surface area contributed by atoms with Gasteiger partial charge in [-0.3, -0.25) is 0 Å². The zero-order chi connectivity index (χ0) is 12.7. The van der Waals surface area contributed by atoms with Gasteiger partial charge in [0.2, 0.25) is 0 Å². The Morgan fingerprint density at radius 1 is 1.29 bits per heavy atom. The molecule has 1 rings (SSSR count). The van der Waals surface area contributed by atoms with E-state index in [1.807, 2.05) is 0 Å². The van der Waals surface area contributed by atoms with Crippen LogP contribution in [0.3, 0.4) is 0 Å². The lowest BCUT2D eigenvalue weighted by Crippen LogP contribution is -2.32. The molecule has 17 heavy (non-hydrogen) atoms. The zero-order valence-electron chi connectivity index (χ0n) is 12.2. The van der Waals surface area contributed by atoms with E-state index >= 15 is 0 Å². The second-order valence-corrected chi connectivity index (χ2v) is 6.00. The lowest BCUT2D eigenvalue weighted by Gasteiger charge is -2.18.